The lowest BCUT2D eigenvalue weighted by Gasteiger charge is -1.89. The molecule has 0 aromatic rings. The van der Waals surface area contributed by atoms with Crippen molar-refractivity contribution < 1.29 is 4.79 Å². The Hall–Kier alpha value is -0.900. The Morgan fingerprint density at radius 3 is 2.70 bits per heavy atom. The summed E-state index contributed by atoms with van der Waals surface area (Å²) in [5.74, 6) is -0.133. The van der Waals surface area contributed by atoms with Crippen molar-refractivity contribution in [2.75, 3.05) is 0 Å². The fourth-order valence-electron chi connectivity index (χ4n) is 0.729. The second-order valence-corrected chi connectivity index (χ2v) is 2.34. The molecule has 1 saturated heterocycles. The summed E-state index contributed by atoms with van der Waals surface area (Å²) in [4.78, 5) is 10.8. The predicted octanol–water partition coefficient (Wildman–Crippen LogP) is 0.285. The molecule has 0 aliphatic carbocycles. The van der Waals surface area contributed by atoms with Crippen molar-refractivity contribution in [2.24, 2.45) is 0 Å². The topological polar surface area (TPSA) is 41.1 Å². The van der Waals surface area contributed by atoms with E-state index >= 15 is 0 Å². The summed E-state index contributed by atoms with van der Waals surface area (Å²) in [5.41, 5.74) is 0.563. The molecule has 0 spiro atoms. The molecule has 10 heavy (non-hydrogen) atoms. The first-order valence-corrected chi connectivity index (χ1v) is 3.47. The van der Waals surface area contributed by atoms with Crippen LogP contribution in [-0.4, -0.2) is 11.0 Å². The van der Waals surface area contributed by atoms with Gasteiger partial charge in [-0.3, -0.25) is 10.1 Å². The molecule has 0 aromatic heterocycles. The first-order valence-electron chi connectivity index (χ1n) is 3.06. The standard InChI is InChI=1S/C6H8N2OS/c1-2-3-4-5(9)8-6(10)7-4/h3H,2H2,1H3,(H2,7,8,9,10)/b4-3-. The Balaban J connectivity index is 2.72. The van der Waals surface area contributed by atoms with Gasteiger partial charge in [0.25, 0.3) is 5.91 Å². The van der Waals surface area contributed by atoms with Crippen molar-refractivity contribution in [1.29, 1.82) is 0 Å². The lowest BCUT2D eigenvalue weighted by atomic mass is 10.3. The third kappa shape index (κ3) is 1.33. The Morgan fingerprint density at radius 1 is 1.60 bits per heavy atom. The lowest BCUT2D eigenvalue weighted by Crippen LogP contribution is -2.21. The lowest BCUT2D eigenvalue weighted by molar-refractivity contribution is -0.115. The van der Waals surface area contributed by atoms with Gasteiger partial charge in [-0.05, 0) is 18.6 Å². The van der Waals surface area contributed by atoms with Crippen LogP contribution in [0.4, 0.5) is 0 Å². The highest BCUT2D eigenvalue weighted by molar-refractivity contribution is 7.80. The molecule has 1 heterocycles. The highest BCUT2D eigenvalue weighted by Crippen LogP contribution is 1.98. The van der Waals surface area contributed by atoms with Gasteiger partial charge < -0.3 is 5.32 Å². The van der Waals surface area contributed by atoms with Gasteiger partial charge in [-0.15, -0.1) is 0 Å². The van der Waals surface area contributed by atoms with Crippen LogP contribution in [0.15, 0.2) is 11.8 Å². The monoisotopic (exact) mass is 156 g/mol. The molecule has 1 rings (SSSR count). The van der Waals surface area contributed by atoms with Gasteiger partial charge in [-0.25, -0.2) is 0 Å². The van der Waals surface area contributed by atoms with E-state index in [-0.39, 0.29) is 5.91 Å². The molecule has 0 atom stereocenters. The second-order valence-electron chi connectivity index (χ2n) is 1.93. The average molecular weight is 156 g/mol. The fourth-order valence-corrected chi connectivity index (χ4v) is 0.931. The quantitative estimate of drug-likeness (QED) is 0.423. The van der Waals surface area contributed by atoms with E-state index in [1.807, 2.05) is 6.92 Å². The van der Waals surface area contributed by atoms with Crippen molar-refractivity contribution in [3.63, 3.8) is 0 Å². The maximum Gasteiger partial charge on any atom is 0.273 e. The van der Waals surface area contributed by atoms with Gasteiger partial charge in [-0.1, -0.05) is 13.0 Å². The number of allylic oxidation sites excluding steroid dienone is 1. The summed E-state index contributed by atoms with van der Waals surface area (Å²) in [6, 6.07) is 0. The number of thiocarbonyl (C=S) groups is 1. The summed E-state index contributed by atoms with van der Waals surface area (Å²) in [6.45, 7) is 1.96. The number of hydrogen-bond acceptors (Lipinski definition) is 2. The molecule has 0 bridgehead atoms. The zero-order valence-corrected chi connectivity index (χ0v) is 6.42. The van der Waals surface area contributed by atoms with E-state index < -0.39 is 0 Å². The zero-order chi connectivity index (χ0) is 7.56. The van der Waals surface area contributed by atoms with Crippen LogP contribution in [0.2, 0.25) is 0 Å². The number of nitrogens with one attached hydrogen (secondary N) is 2. The molecule has 1 aliphatic heterocycles. The Kier molecular flexibility index (Phi) is 2.01. The van der Waals surface area contributed by atoms with Crippen LogP contribution in [0.3, 0.4) is 0 Å². The molecule has 54 valence electrons. The third-order valence-electron chi connectivity index (χ3n) is 1.13. The molecule has 0 radical (unpaired) electrons. The molecule has 1 amide bonds. The van der Waals surface area contributed by atoms with Crippen molar-refractivity contribution in [3.8, 4) is 0 Å². The third-order valence-corrected chi connectivity index (χ3v) is 1.33. The van der Waals surface area contributed by atoms with Crippen LogP contribution in [-0.2, 0) is 4.79 Å². The molecule has 1 fully saturated rings. The largest absolute Gasteiger partial charge is 0.328 e. The fraction of sp³-hybridized carbons (Fsp3) is 0.333. The summed E-state index contributed by atoms with van der Waals surface area (Å²) in [5, 5.41) is 5.59. The first-order chi connectivity index (χ1) is 4.74. The number of hydrogen-bond donors (Lipinski definition) is 2. The molecular formula is C6H8N2OS. The molecule has 0 aromatic carbocycles. The van der Waals surface area contributed by atoms with Crippen LogP contribution in [0.1, 0.15) is 13.3 Å². The summed E-state index contributed by atoms with van der Waals surface area (Å²) >= 11 is 4.70. The molecule has 4 heteroatoms. The molecule has 1 aliphatic rings. The van der Waals surface area contributed by atoms with E-state index in [2.05, 4.69) is 10.6 Å². The Labute approximate surface area is 64.5 Å². The normalized spacial score (nSPS) is 21.1. The number of carbonyl (C=O) groups excluding carboxylic acids is 1. The maximum atomic E-state index is 10.8. The first kappa shape index (κ1) is 7.21. The van der Waals surface area contributed by atoms with E-state index in [0.29, 0.717) is 10.8 Å². The highest BCUT2D eigenvalue weighted by Gasteiger charge is 2.18. The van der Waals surface area contributed by atoms with E-state index in [9.17, 15) is 4.79 Å². The van der Waals surface area contributed by atoms with Gasteiger partial charge in [0.05, 0.1) is 0 Å². The maximum absolute atomic E-state index is 10.8. The number of carbonyl (C=O) groups is 1. The van der Waals surface area contributed by atoms with Crippen LogP contribution < -0.4 is 10.6 Å². The van der Waals surface area contributed by atoms with Gasteiger partial charge in [0.1, 0.15) is 5.70 Å². The molecular weight excluding hydrogens is 148 g/mol. The van der Waals surface area contributed by atoms with Gasteiger partial charge in [0.2, 0.25) is 0 Å². The Bertz CT molecular complexity index is 210. The van der Waals surface area contributed by atoms with Crippen LogP contribution in [0, 0.1) is 0 Å². The molecule has 0 saturated carbocycles. The van der Waals surface area contributed by atoms with E-state index in [1.165, 1.54) is 0 Å². The molecule has 0 unspecified atom stereocenters. The van der Waals surface area contributed by atoms with Crippen molar-refractivity contribution in [3.05, 3.63) is 11.8 Å². The number of amides is 1. The van der Waals surface area contributed by atoms with Crippen molar-refractivity contribution in [2.45, 2.75) is 13.3 Å². The minimum Gasteiger partial charge on any atom is -0.328 e. The molecule has 3 nitrogen and oxygen atoms in total. The minimum absolute atomic E-state index is 0.133. The van der Waals surface area contributed by atoms with Crippen LogP contribution in [0.25, 0.3) is 0 Å². The second kappa shape index (κ2) is 2.79. The highest BCUT2D eigenvalue weighted by atomic mass is 32.1. The van der Waals surface area contributed by atoms with Gasteiger partial charge in [0.15, 0.2) is 5.11 Å². The average Bonchev–Trinajstić information content (AvgIpc) is 2.13. The van der Waals surface area contributed by atoms with Crippen molar-refractivity contribution >= 4 is 23.2 Å². The SMILES string of the molecule is CC/C=C1\NC(=S)NC1=O. The van der Waals surface area contributed by atoms with Crippen LogP contribution >= 0.6 is 12.2 Å². The molecule has 2 N–H and O–H groups in total. The van der Waals surface area contributed by atoms with E-state index in [1.54, 1.807) is 6.08 Å². The number of rotatable bonds is 1. The van der Waals surface area contributed by atoms with Crippen molar-refractivity contribution in [1.82, 2.24) is 10.6 Å². The van der Waals surface area contributed by atoms with Gasteiger partial charge in [0, 0.05) is 0 Å². The van der Waals surface area contributed by atoms with Gasteiger partial charge in [-0.2, -0.15) is 0 Å². The Morgan fingerprint density at radius 2 is 2.30 bits per heavy atom. The smallest absolute Gasteiger partial charge is 0.273 e. The van der Waals surface area contributed by atoms with E-state index in [4.69, 9.17) is 12.2 Å². The summed E-state index contributed by atoms with van der Waals surface area (Å²) in [7, 11) is 0. The van der Waals surface area contributed by atoms with E-state index in [0.717, 1.165) is 6.42 Å². The van der Waals surface area contributed by atoms with Crippen LogP contribution in [0.5, 0.6) is 0 Å². The zero-order valence-electron chi connectivity index (χ0n) is 5.60. The van der Waals surface area contributed by atoms with Gasteiger partial charge >= 0.3 is 0 Å². The predicted molar refractivity (Wildman–Crippen MR) is 42.3 cm³/mol. The summed E-state index contributed by atoms with van der Waals surface area (Å²) < 4.78 is 0. The minimum atomic E-state index is -0.133. The summed E-state index contributed by atoms with van der Waals surface area (Å²) in [6.07, 6.45) is 2.63.